The molecular formula is C31H38N4O5. The lowest BCUT2D eigenvalue weighted by atomic mass is 9.98. The molecule has 1 aromatic heterocycles. The Hall–Kier alpha value is -3.85. The highest BCUT2D eigenvalue weighted by Gasteiger charge is 2.27. The van der Waals surface area contributed by atoms with Crippen LogP contribution in [0.2, 0.25) is 0 Å². The third-order valence-corrected chi connectivity index (χ3v) is 7.85. The summed E-state index contributed by atoms with van der Waals surface area (Å²) in [6.45, 7) is 7.78. The molecular weight excluding hydrogens is 508 g/mol. The van der Waals surface area contributed by atoms with E-state index < -0.39 is 0 Å². The van der Waals surface area contributed by atoms with Crippen molar-refractivity contribution in [3.8, 4) is 5.75 Å². The van der Waals surface area contributed by atoms with E-state index in [2.05, 4.69) is 17.0 Å². The fraction of sp³-hybridized carbons (Fsp3) is 0.452. The topological polar surface area (TPSA) is 84.3 Å². The van der Waals surface area contributed by atoms with E-state index in [9.17, 15) is 14.4 Å². The van der Waals surface area contributed by atoms with Gasteiger partial charge in [0.15, 0.2) is 0 Å². The molecule has 2 aliphatic heterocycles. The van der Waals surface area contributed by atoms with Crippen LogP contribution >= 0.6 is 0 Å². The summed E-state index contributed by atoms with van der Waals surface area (Å²) in [6.07, 6.45) is 3.30. The fourth-order valence-electron chi connectivity index (χ4n) is 5.62. The molecule has 0 saturated carbocycles. The monoisotopic (exact) mass is 546 g/mol. The first-order chi connectivity index (χ1) is 19.4. The van der Waals surface area contributed by atoms with Gasteiger partial charge in [-0.3, -0.25) is 14.5 Å². The van der Waals surface area contributed by atoms with Crippen LogP contribution in [0.5, 0.6) is 5.75 Å². The van der Waals surface area contributed by atoms with E-state index in [1.807, 2.05) is 48.9 Å². The summed E-state index contributed by atoms with van der Waals surface area (Å²) in [5.41, 5.74) is 2.03. The normalized spacial score (nSPS) is 18.1. The minimum Gasteiger partial charge on any atom is -0.493 e. The lowest BCUT2D eigenvalue weighted by molar-refractivity contribution is 0.0631. The third kappa shape index (κ3) is 6.31. The lowest BCUT2D eigenvalue weighted by Gasteiger charge is -2.34. The number of benzene rings is 2. The van der Waals surface area contributed by atoms with Crippen LogP contribution in [-0.4, -0.2) is 83.7 Å². The number of aromatic nitrogens is 1. The predicted molar refractivity (Wildman–Crippen MR) is 154 cm³/mol. The Morgan fingerprint density at radius 1 is 0.950 bits per heavy atom. The van der Waals surface area contributed by atoms with Gasteiger partial charge in [-0.25, -0.2) is 4.79 Å². The first-order valence-corrected chi connectivity index (χ1v) is 14.2. The maximum absolute atomic E-state index is 13.4. The number of hydrogen-bond acceptors (Lipinski definition) is 6. The molecule has 0 radical (unpaired) electrons. The molecule has 3 aromatic rings. The van der Waals surface area contributed by atoms with Crippen molar-refractivity contribution in [3.05, 3.63) is 76.1 Å². The van der Waals surface area contributed by atoms with Gasteiger partial charge in [0, 0.05) is 70.4 Å². The zero-order valence-corrected chi connectivity index (χ0v) is 23.4. The van der Waals surface area contributed by atoms with Crippen molar-refractivity contribution in [2.75, 3.05) is 52.5 Å². The van der Waals surface area contributed by atoms with Crippen LogP contribution in [0.15, 0.2) is 59.5 Å². The Morgan fingerprint density at radius 3 is 2.45 bits per heavy atom. The number of carbonyl (C=O) groups excluding carboxylic acids is 2. The van der Waals surface area contributed by atoms with Crippen LogP contribution in [-0.2, 0) is 18.3 Å². The number of rotatable bonds is 7. The van der Waals surface area contributed by atoms with Crippen LogP contribution < -0.4 is 10.2 Å². The van der Waals surface area contributed by atoms with E-state index in [1.54, 1.807) is 22.1 Å². The summed E-state index contributed by atoms with van der Waals surface area (Å²) in [5, 5.41) is 0.565. The van der Waals surface area contributed by atoms with Crippen molar-refractivity contribution in [1.82, 2.24) is 19.3 Å². The summed E-state index contributed by atoms with van der Waals surface area (Å²) in [7, 11) is 1.86. The highest BCUT2D eigenvalue weighted by atomic mass is 16.6. The molecule has 0 unspecified atom stereocenters. The van der Waals surface area contributed by atoms with Crippen LogP contribution in [0.1, 0.15) is 35.7 Å². The van der Waals surface area contributed by atoms with Crippen molar-refractivity contribution in [2.24, 2.45) is 13.0 Å². The maximum atomic E-state index is 13.4. The van der Waals surface area contributed by atoms with Crippen molar-refractivity contribution < 1.29 is 19.1 Å². The molecule has 2 saturated heterocycles. The number of aryl methyl sites for hydroxylation is 1. The van der Waals surface area contributed by atoms with E-state index in [1.165, 1.54) is 5.56 Å². The first kappa shape index (κ1) is 27.7. The molecule has 2 fully saturated rings. The van der Waals surface area contributed by atoms with E-state index in [-0.39, 0.29) is 28.9 Å². The lowest BCUT2D eigenvalue weighted by Crippen LogP contribution is -2.48. The van der Waals surface area contributed by atoms with Gasteiger partial charge >= 0.3 is 6.09 Å². The number of nitrogens with zero attached hydrogens (tertiary/aromatic N) is 4. The van der Waals surface area contributed by atoms with Crippen molar-refractivity contribution in [3.63, 3.8) is 0 Å². The molecule has 9 heteroatoms. The van der Waals surface area contributed by atoms with Gasteiger partial charge in [-0.1, -0.05) is 24.3 Å². The number of amides is 2. The molecule has 1 atom stereocenters. The van der Waals surface area contributed by atoms with Gasteiger partial charge in [-0.15, -0.1) is 0 Å². The molecule has 0 bridgehead atoms. The number of piperazine rings is 1. The molecule has 2 aliphatic rings. The van der Waals surface area contributed by atoms with Gasteiger partial charge in [0.05, 0.1) is 18.7 Å². The average Bonchev–Trinajstić information content (AvgIpc) is 2.99. The maximum Gasteiger partial charge on any atom is 0.409 e. The molecule has 2 amide bonds. The second kappa shape index (κ2) is 12.6. The summed E-state index contributed by atoms with van der Waals surface area (Å²) in [5.74, 6) is 0.809. The first-order valence-electron chi connectivity index (χ1n) is 14.2. The largest absolute Gasteiger partial charge is 0.493 e. The SMILES string of the molecule is CCOC(=O)N1CCN(Cc2ccc(OC[C@@H]3CCCN(C(=O)c4cn(C)c5ccccc5c4=O)C3)cc2)CC1. The minimum atomic E-state index is -0.230. The second-order valence-electron chi connectivity index (χ2n) is 10.7. The molecule has 9 nitrogen and oxygen atoms in total. The number of para-hydroxylation sites is 1. The van der Waals surface area contributed by atoms with Crippen molar-refractivity contribution in [1.29, 1.82) is 0 Å². The van der Waals surface area contributed by atoms with Crippen molar-refractivity contribution >= 4 is 22.9 Å². The smallest absolute Gasteiger partial charge is 0.409 e. The van der Waals surface area contributed by atoms with Gasteiger partial charge in [-0.2, -0.15) is 0 Å². The molecule has 0 N–H and O–H groups in total. The zero-order chi connectivity index (χ0) is 28.1. The van der Waals surface area contributed by atoms with E-state index in [4.69, 9.17) is 9.47 Å². The summed E-state index contributed by atoms with van der Waals surface area (Å²) >= 11 is 0. The average molecular weight is 547 g/mol. The number of ether oxygens (including phenoxy) is 2. The van der Waals surface area contributed by atoms with Crippen LogP contribution in [0.4, 0.5) is 4.79 Å². The van der Waals surface area contributed by atoms with Crippen LogP contribution in [0, 0.1) is 5.92 Å². The number of piperidine rings is 1. The van der Waals surface area contributed by atoms with Gasteiger partial charge in [0.2, 0.25) is 5.43 Å². The Labute approximate surface area is 234 Å². The van der Waals surface area contributed by atoms with Gasteiger partial charge in [0.1, 0.15) is 11.3 Å². The number of fused-ring (bicyclic) bond motifs is 1. The van der Waals surface area contributed by atoms with E-state index in [0.29, 0.717) is 44.8 Å². The Morgan fingerprint density at radius 2 is 1.70 bits per heavy atom. The van der Waals surface area contributed by atoms with E-state index in [0.717, 1.165) is 43.7 Å². The predicted octanol–water partition coefficient (Wildman–Crippen LogP) is 3.74. The van der Waals surface area contributed by atoms with Crippen molar-refractivity contribution in [2.45, 2.75) is 26.3 Å². The van der Waals surface area contributed by atoms with Gasteiger partial charge < -0.3 is 23.8 Å². The molecule has 0 spiro atoms. The Bertz CT molecular complexity index is 1400. The molecule has 0 aliphatic carbocycles. The fourth-order valence-corrected chi connectivity index (χ4v) is 5.62. The number of likely N-dealkylation sites (tertiary alicyclic amines) is 1. The highest BCUT2D eigenvalue weighted by Crippen LogP contribution is 2.22. The quantitative estimate of drug-likeness (QED) is 0.449. The highest BCUT2D eigenvalue weighted by molar-refractivity contribution is 5.97. The van der Waals surface area contributed by atoms with Gasteiger partial charge in [0.25, 0.3) is 5.91 Å². The standard InChI is InChI=1S/C31H38N4O5/c1-3-39-31(38)34-17-15-33(16-18-34)19-23-10-12-25(13-11-23)40-22-24-7-6-14-35(20-24)30(37)27-21-32(2)28-9-5-4-8-26(28)29(27)36/h4-5,8-13,21,24H,3,6-7,14-20,22H2,1-2H3/t24-/m1/s1. The Kier molecular flexibility index (Phi) is 8.69. The second-order valence-corrected chi connectivity index (χ2v) is 10.7. The summed E-state index contributed by atoms with van der Waals surface area (Å²) in [4.78, 5) is 44.2. The van der Waals surface area contributed by atoms with Gasteiger partial charge in [-0.05, 0) is 49.6 Å². The molecule has 5 rings (SSSR count). The summed E-state index contributed by atoms with van der Waals surface area (Å²) < 4.78 is 13.1. The third-order valence-electron chi connectivity index (χ3n) is 7.85. The summed E-state index contributed by atoms with van der Waals surface area (Å²) in [6, 6.07) is 15.5. The zero-order valence-electron chi connectivity index (χ0n) is 23.4. The molecule has 212 valence electrons. The molecule has 2 aromatic carbocycles. The Balaban J connectivity index is 1.12. The van der Waals surface area contributed by atoms with E-state index >= 15 is 0 Å². The number of pyridine rings is 1. The number of carbonyl (C=O) groups is 2. The molecule has 40 heavy (non-hydrogen) atoms. The minimum absolute atomic E-state index is 0.205. The van der Waals surface area contributed by atoms with Crippen LogP contribution in [0.3, 0.4) is 0 Å². The van der Waals surface area contributed by atoms with Crippen LogP contribution in [0.25, 0.3) is 10.9 Å². The molecule has 3 heterocycles. The number of hydrogen-bond donors (Lipinski definition) is 0.